The Balaban J connectivity index is 1.43. The minimum Gasteiger partial charge on any atom is -0.390 e. The minimum absolute atomic E-state index is 0.0588. The molecule has 1 saturated heterocycles. The molecule has 6 fully saturated rings. The second kappa shape index (κ2) is 4.32. The smallest absolute Gasteiger partial charge is 0.241 e. The number of hydrogen-bond donors (Lipinski definition) is 2. The number of aliphatic hydroxyl groups is 1. The SMILES string of the molecule is C#CC1C[C@@H]2C[C@@H]2N1C(=O)[C@@H](N)C12CC3CC(CC(O)(C3)C1)C2. The fourth-order valence-corrected chi connectivity index (χ4v) is 6.99. The van der Waals surface area contributed by atoms with Crippen LogP contribution in [0.1, 0.15) is 51.4 Å². The van der Waals surface area contributed by atoms with Crippen molar-refractivity contribution in [2.75, 3.05) is 0 Å². The Morgan fingerprint density at radius 3 is 2.52 bits per heavy atom. The molecule has 0 aromatic carbocycles. The number of terminal acetylenes is 1. The highest BCUT2D eigenvalue weighted by atomic mass is 16.3. The lowest BCUT2D eigenvalue weighted by Crippen LogP contribution is -2.64. The molecule has 1 heterocycles. The summed E-state index contributed by atoms with van der Waals surface area (Å²) in [6.07, 6.45) is 13.5. The highest BCUT2D eigenvalue weighted by Gasteiger charge is 2.62. The lowest BCUT2D eigenvalue weighted by molar-refractivity contribution is -0.177. The normalized spacial score (nSPS) is 53.8. The Kier molecular flexibility index (Phi) is 2.69. The van der Waals surface area contributed by atoms with Gasteiger partial charge in [-0.2, -0.15) is 0 Å². The molecule has 0 radical (unpaired) electrons. The van der Waals surface area contributed by atoms with E-state index >= 15 is 0 Å². The van der Waals surface area contributed by atoms with Crippen LogP contribution in [-0.2, 0) is 4.79 Å². The van der Waals surface area contributed by atoms with Crippen molar-refractivity contribution in [1.29, 1.82) is 0 Å². The van der Waals surface area contributed by atoms with E-state index in [1.54, 1.807) is 0 Å². The quantitative estimate of drug-likeness (QED) is 0.754. The van der Waals surface area contributed by atoms with Gasteiger partial charge in [0.25, 0.3) is 0 Å². The zero-order valence-corrected chi connectivity index (χ0v) is 13.6. The molecule has 1 amide bonds. The van der Waals surface area contributed by atoms with Gasteiger partial charge in [-0.05, 0) is 74.5 Å². The number of piperidine rings is 1. The topological polar surface area (TPSA) is 66.6 Å². The van der Waals surface area contributed by atoms with Crippen LogP contribution in [0.25, 0.3) is 0 Å². The van der Waals surface area contributed by atoms with E-state index in [4.69, 9.17) is 12.2 Å². The molecule has 3 unspecified atom stereocenters. The van der Waals surface area contributed by atoms with Gasteiger partial charge in [-0.1, -0.05) is 5.92 Å². The lowest BCUT2D eigenvalue weighted by atomic mass is 9.46. The van der Waals surface area contributed by atoms with Crippen molar-refractivity contribution in [1.82, 2.24) is 4.90 Å². The Labute approximate surface area is 137 Å². The predicted molar refractivity (Wildman–Crippen MR) is 86.0 cm³/mol. The van der Waals surface area contributed by atoms with E-state index in [-0.39, 0.29) is 17.4 Å². The zero-order chi connectivity index (χ0) is 16.0. The van der Waals surface area contributed by atoms with Gasteiger partial charge in [-0.3, -0.25) is 4.79 Å². The summed E-state index contributed by atoms with van der Waals surface area (Å²) in [5, 5.41) is 10.9. The van der Waals surface area contributed by atoms with Crippen molar-refractivity contribution in [3.63, 3.8) is 0 Å². The molecular weight excluding hydrogens is 288 g/mol. The van der Waals surface area contributed by atoms with Crippen LogP contribution in [0.3, 0.4) is 0 Å². The van der Waals surface area contributed by atoms with Gasteiger partial charge in [0, 0.05) is 6.04 Å². The van der Waals surface area contributed by atoms with E-state index < -0.39 is 11.6 Å². The van der Waals surface area contributed by atoms with Crippen LogP contribution in [0, 0.1) is 35.5 Å². The number of carbonyl (C=O) groups excluding carboxylic acids is 1. The van der Waals surface area contributed by atoms with Crippen molar-refractivity contribution in [3.05, 3.63) is 0 Å². The third-order valence-corrected chi connectivity index (χ3v) is 7.55. The first kappa shape index (κ1) is 14.3. The Morgan fingerprint density at radius 2 is 1.91 bits per heavy atom. The van der Waals surface area contributed by atoms with E-state index in [0.717, 1.165) is 38.5 Å². The highest BCUT2D eigenvalue weighted by Crippen LogP contribution is 2.63. The van der Waals surface area contributed by atoms with Gasteiger partial charge in [-0.25, -0.2) is 0 Å². The van der Waals surface area contributed by atoms with Crippen LogP contribution >= 0.6 is 0 Å². The summed E-state index contributed by atoms with van der Waals surface area (Å²) in [4.78, 5) is 15.1. The zero-order valence-electron chi connectivity index (χ0n) is 13.6. The number of hydrogen-bond acceptors (Lipinski definition) is 3. The molecule has 4 heteroatoms. The molecule has 5 saturated carbocycles. The van der Waals surface area contributed by atoms with Crippen molar-refractivity contribution in [2.45, 2.75) is 75.1 Å². The summed E-state index contributed by atoms with van der Waals surface area (Å²) in [7, 11) is 0. The van der Waals surface area contributed by atoms with Crippen LogP contribution in [0.2, 0.25) is 0 Å². The highest BCUT2D eigenvalue weighted by molar-refractivity contribution is 5.84. The van der Waals surface area contributed by atoms with Gasteiger partial charge >= 0.3 is 0 Å². The first-order valence-electron chi connectivity index (χ1n) is 9.19. The van der Waals surface area contributed by atoms with E-state index in [1.807, 2.05) is 4.90 Å². The maximum absolute atomic E-state index is 13.2. The molecule has 0 aromatic heterocycles. The summed E-state index contributed by atoms with van der Waals surface area (Å²) >= 11 is 0. The van der Waals surface area contributed by atoms with Crippen LogP contribution in [0.15, 0.2) is 0 Å². The molecule has 5 aliphatic carbocycles. The van der Waals surface area contributed by atoms with Crippen molar-refractivity contribution >= 4 is 5.91 Å². The van der Waals surface area contributed by atoms with Crippen LogP contribution in [0.4, 0.5) is 0 Å². The van der Waals surface area contributed by atoms with Gasteiger partial charge in [-0.15, -0.1) is 6.42 Å². The average molecular weight is 314 g/mol. The van der Waals surface area contributed by atoms with Crippen molar-refractivity contribution in [3.8, 4) is 12.3 Å². The van der Waals surface area contributed by atoms with Gasteiger partial charge in [0.2, 0.25) is 5.91 Å². The monoisotopic (exact) mass is 314 g/mol. The number of rotatable bonds is 2. The maximum atomic E-state index is 13.2. The van der Waals surface area contributed by atoms with Gasteiger partial charge in [0.05, 0.1) is 17.7 Å². The Morgan fingerprint density at radius 1 is 1.22 bits per heavy atom. The number of amides is 1. The molecule has 0 spiro atoms. The molecule has 3 N–H and O–H groups in total. The second-order valence-electron chi connectivity index (χ2n) is 9.25. The average Bonchev–Trinajstić information content (AvgIpc) is 3.14. The van der Waals surface area contributed by atoms with Crippen LogP contribution in [0.5, 0.6) is 0 Å². The van der Waals surface area contributed by atoms with Crippen LogP contribution < -0.4 is 5.73 Å². The van der Waals surface area contributed by atoms with E-state index in [1.165, 1.54) is 6.42 Å². The largest absolute Gasteiger partial charge is 0.390 e. The van der Waals surface area contributed by atoms with Gasteiger partial charge in [0.15, 0.2) is 0 Å². The maximum Gasteiger partial charge on any atom is 0.241 e. The first-order valence-corrected chi connectivity index (χ1v) is 9.19. The third-order valence-electron chi connectivity index (χ3n) is 7.55. The Bertz CT molecular complexity index is 595. The van der Waals surface area contributed by atoms with E-state index in [2.05, 4.69) is 5.92 Å². The predicted octanol–water partition coefficient (Wildman–Crippen LogP) is 1.27. The van der Waals surface area contributed by atoms with Crippen LogP contribution in [-0.4, -0.2) is 39.6 Å². The first-order chi connectivity index (χ1) is 10.9. The van der Waals surface area contributed by atoms with E-state index in [9.17, 15) is 9.90 Å². The number of nitrogens with zero attached hydrogens (tertiary/aromatic N) is 1. The molecule has 6 aliphatic rings. The number of nitrogens with two attached hydrogens (primary N) is 1. The number of likely N-dealkylation sites (tertiary alicyclic amines) is 1. The molecule has 6 atom stereocenters. The van der Waals surface area contributed by atoms with E-state index in [0.29, 0.717) is 30.2 Å². The fraction of sp³-hybridized carbons (Fsp3) is 0.842. The van der Waals surface area contributed by atoms with Crippen molar-refractivity contribution in [2.24, 2.45) is 28.9 Å². The summed E-state index contributed by atoms with van der Waals surface area (Å²) < 4.78 is 0. The number of fused-ring (bicyclic) bond motifs is 1. The molecular formula is C19H26N2O2. The fourth-order valence-electron chi connectivity index (χ4n) is 6.99. The molecule has 23 heavy (non-hydrogen) atoms. The summed E-state index contributed by atoms with van der Waals surface area (Å²) in [5.74, 6) is 4.56. The molecule has 124 valence electrons. The summed E-state index contributed by atoms with van der Waals surface area (Å²) in [6.45, 7) is 0. The Hall–Kier alpha value is -1.05. The lowest BCUT2D eigenvalue weighted by Gasteiger charge is -2.61. The summed E-state index contributed by atoms with van der Waals surface area (Å²) in [6, 6.07) is -0.212. The molecule has 0 aromatic rings. The molecule has 4 nitrogen and oxygen atoms in total. The standard InChI is InChI=1S/C19H26N2O2/c1-2-14-4-13-5-15(13)21(14)17(22)16(20)18-6-11-3-12(7-18)9-19(23,8-11)10-18/h1,11-16,23H,3-10,20H2/t11?,12?,13-,14?,15+,16-,18?,19?/m1/s1. The molecule has 6 rings (SSSR count). The minimum atomic E-state index is -0.569. The third kappa shape index (κ3) is 1.90. The number of carbonyl (C=O) groups is 1. The van der Waals surface area contributed by atoms with Gasteiger partial charge in [0.1, 0.15) is 0 Å². The van der Waals surface area contributed by atoms with Gasteiger partial charge < -0.3 is 15.7 Å². The second-order valence-corrected chi connectivity index (χ2v) is 9.25. The van der Waals surface area contributed by atoms with Crippen molar-refractivity contribution < 1.29 is 9.90 Å². The molecule has 1 aliphatic heterocycles. The molecule has 4 bridgehead atoms. The summed E-state index contributed by atoms with van der Waals surface area (Å²) in [5.41, 5.74) is 5.82.